The zero-order chi connectivity index (χ0) is 22.3. The van der Waals surface area contributed by atoms with E-state index in [0.29, 0.717) is 11.3 Å². The molecule has 0 saturated heterocycles. The molecule has 0 fully saturated rings. The van der Waals surface area contributed by atoms with E-state index in [1.807, 2.05) is 32.0 Å². The number of amides is 1. The second-order valence-corrected chi connectivity index (χ2v) is 8.23. The van der Waals surface area contributed by atoms with E-state index in [1.165, 1.54) is 32.4 Å². The lowest BCUT2D eigenvalue weighted by Crippen LogP contribution is -2.21. The molecule has 0 aromatic heterocycles. The van der Waals surface area contributed by atoms with E-state index in [0.717, 1.165) is 17.2 Å². The lowest BCUT2D eigenvalue weighted by Gasteiger charge is -2.11. The van der Waals surface area contributed by atoms with Crippen molar-refractivity contribution in [3.05, 3.63) is 59.2 Å². The molecule has 0 spiro atoms. The van der Waals surface area contributed by atoms with Gasteiger partial charge >= 0.3 is 5.97 Å². The summed E-state index contributed by atoms with van der Waals surface area (Å²) in [5, 5.41) is 2.72. The van der Waals surface area contributed by atoms with Gasteiger partial charge in [0, 0.05) is 11.8 Å². The summed E-state index contributed by atoms with van der Waals surface area (Å²) in [6, 6.07) is 10.1. The van der Waals surface area contributed by atoms with Gasteiger partial charge in [0.2, 0.25) is 10.0 Å². The number of hydrogen-bond acceptors (Lipinski definition) is 6. The number of para-hydroxylation sites is 1. The van der Waals surface area contributed by atoms with Gasteiger partial charge in [0.15, 0.2) is 6.61 Å². The Hall–Kier alpha value is -3.17. The Morgan fingerprint density at radius 2 is 1.77 bits per heavy atom. The normalized spacial score (nSPS) is 11.3. The molecule has 8 nitrogen and oxygen atoms in total. The van der Waals surface area contributed by atoms with E-state index < -0.39 is 28.5 Å². The molecule has 2 aromatic rings. The maximum atomic E-state index is 12.1. The van der Waals surface area contributed by atoms with Crippen molar-refractivity contribution in [3.8, 4) is 5.75 Å². The highest BCUT2D eigenvalue weighted by Gasteiger charge is 2.17. The molecular weight excluding hydrogens is 408 g/mol. The number of esters is 1. The highest BCUT2D eigenvalue weighted by Crippen LogP contribution is 2.25. The fourth-order valence-corrected chi connectivity index (χ4v) is 3.58. The number of sulfonamides is 1. The first-order chi connectivity index (χ1) is 14.2. The van der Waals surface area contributed by atoms with E-state index >= 15 is 0 Å². The Kier molecular flexibility index (Phi) is 7.73. The molecular formula is C21H24N2O6S. The Bertz CT molecular complexity index is 1060. The molecule has 0 saturated carbocycles. The number of benzene rings is 2. The third-order valence-corrected chi connectivity index (χ3v) is 5.68. The molecule has 0 atom stereocenters. The van der Waals surface area contributed by atoms with Gasteiger partial charge < -0.3 is 14.8 Å². The number of anilines is 1. The molecule has 2 N–H and O–H groups in total. The van der Waals surface area contributed by atoms with Crippen LogP contribution in [0.1, 0.15) is 16.7 Å². The van der Waals surface area contributed by atoms with Crippen LogP contribution in [0.4, 0.5) is 5.69 Å². The second kappa shape index (κ2) is 10.0. The molecule has 0 heterocycles. The van der Waals surface area contributed by atoms with Gasteiger partial charge in [0.05, 0.1) is 7.11 Å². The first-order valence-corrected chi connectivity index (χ1v) is 10.5. The van der Waals surface area contributed by atoms with Crippen molar-refractivity contribution in [2.45, 2.75) is 18.7 Å². The number of hydrogen-bond donors (Lipinski definition) is 2. The van der Waals surface area contributed by atoms with Gasteiger partial charge in [-0.05, 0) is 55.8 Å². The molecule has 0 radical (unpaired) electrons. The summed E-state index contributed by atoms with van der Waals surface area (Å²) in [7, 11) is -1.09. The minimum absolute atomic E-state index is 0.0593. The summed E-state index contributed by atoms with van der Waals surface area (Å²) in [6.07, 6.45) is 2.50. The molecule has 160 valence electrons. The van der Waals surface area contributed by atoms with Crippen LogP contribution in [0.3, 0.4) is 0 Å². The number of nitrogens with one attached hydrogen (secondary N) is 2. The van der Waals surface area contributed by atoms with Crippen LogP contribution in [0.25, 0.3) is 6.08 Å². The summed E-state index contributed by atoms with van der Waals surface area (Å²) in [5.74, 6) is -1.02. The molecule has 0 bridgehead atoms. The van der Waals surface area contributed by atoms with Crippen molar-refractivity contribution < 1.29 is 27.5 Å². The van der Waals surface area contributed by atoms with Crippen LogP contribution >= 0.6 is 0 Å². The van der Waals surface area contributed by atoms with Gasteiger partial charge in [0.25, 0.3) is 5.91 Å². The monoisotopic (exact) mass is 432 g/mol. The van der Waals surface area contributed by atoms with Crippen molar-refractivity contribution >= 4 is 33.7 Å². The maximum absolute atomic E-state index is 12.1. The van der Waals surface area contributed by atoms with E-state index in [4.69, 9.17) is 9.47 Å². The van der Waals surface area contributed by atoms with Crippen LogP contribution in [0.5, 0.6) is 5.75 Å². The van der Waals surface area contributed by atoms with E-state index in [9.17, 15) is 18.0 Å². The van der Waals surface area contributed by atoms with Gasteiger partial charge in [-0.1, -0.05) is 24.3 Å². The van der Waals surface area contributed by atoms with Crippen LogP contribution in [0.2, 0.25) is 0 Å². The molecule has 2 aromatic carbocycles. The molecule has 0 aliphatic rings. The number of ether oxygens (including phenoxy) is 2. The number of carbonyl (C=O) groups excluding carboxylic acids is 2. The second-order valence-electron chi connectivity index (χ2n) is 6.37. The lowest BCUT2D eigenvalue weighted by atomic mass is 10.1. The first kappa shape index (κ1) is 23.1. The van der Waals surface area contributed by atoms with Crippen molar-refractivity contribution in [1.82, 2.24) is 4.72 Å². The molecule has 30 heavy (non-hydrogen) atoms. The highest BCUT2D eigenvalue weighted by atomic mass is 32.2. The average Bonchev–Trinajstić information content (AvgIpc) is 2.73. The third kappa shape index (κ3) is 5.91. The van der Waals surface area contributed by atoms with Crippen molar-refractivity contribution in [2.75, 3.05) is 26.1 Å². The number of methoxy groups -OCH3 is 1. The summed E-state index contributed by atoms with van der Waals surface area (Å²) in [5.41, 5.74) is 2.94. The van der Waals surface area contributed by atoms with E-state index in [2.05, 4.69) is 10.0 Å². The predicted molar refractivity (Wildman–Crippen MR) is 114 cm³/mol. The van der Waals surface area contributed by atoms with Crippen LogP contribution < -0.4 is 14.8 Å². The summed E-state index contributed by atoms with van der Waals surface area (Å²) < 4.78 is 36.4. The first-order valence-electron chi connectivity index (χ1n) is 9.00. The summed E-state index contributed by atoms with van der Waals surface area (Å²) in [4.78, 5) is 23.9. The van der Waals surface area contributed by atoms with Crippen molar-refractivity contribution in [1.29, 1.82) is 0 Å². The van der Waals surface area contributed by atoms with Gasteiger partial charge in [0.1, 0.15) is 10.6 Å². The van der Waals surface area contributed by atoms with Crippen LogP contribution in [-0.4, -0.2) is 41.1 Å². The van der Waals surface area contributed by atoms with Crippen LogP contribution in [0, 0.1) is 13.8 Å². The largest absolute Gasteiger partial charge is 0.495 e. The average molecular weight is 432 g/mol. The standard InChI is InChI=1S/C21H24N2O6S/c1-14-6-5-7-15(2)21(14)23-19(24)13-29-20(25)11-9-16-8-10-17(28-4)18(12-16)30(26,27)22-3/h5-12,22H,13H2,1-4H3,(H,23,24)/b11-9+. The van der Waals surface area contributed by atoms with Gasteiger partial charge in [-0.15, -0.1) is 0 Å². The van der Waals surface area contributed by atoms with Crippen molar-refractivity contribution in [3.63, 3.8) is 0 Å². The molecule has 2 rings (SSSR count). The number of aryl methyl sites for hydroxylation is 2. The SMILES string of the molecule is CNS(=O)(=O)c1cc(/C=C/C(=O)OCC(=O)Nc2c(C)cccc2C)ccc1OC. The quantitative estimate of drug-likeness (QED) is 0.490. The van der Waals surface area contributed by atoms with E-state index in [-0.39, 0.29) is 10.6 Å². The fourth-order valence-electron chi connectivity index (χ4n) is 2.65. The van der Waals surface area contributed by atoms with E-state index in [1.54, 1.807) is 6.07 Å². The molecule has 0 unspecified atom stereocenters. The third-order valence-electron chi connectivity index (χ3n) is 4.25. The minimum atomic E-state index is -3.74. The number of carbonyl (C=O) groups is 2. The van der Waals surface area contributed by atoms with Crippen molar-refractivity contribution in [2.24, 2.45) is 0 Å². The molecule has 1 amide bonds. The number of rotatable bonds is 8. The Morgan fingerprint density at radius 3 is 2.37 bits per heavy atom. The molecule has 0 aliphatic heterocycles. The zero-order valence-electron chi connectivity index (χ0n) is 17.2. The van der Waals surface area contributed by atoms with Gasteiger partial charge in [-0.3, -0.25) is 4.79 Å². The maximum Gasteiger partial charge on any atom is 0.331 e. The predicted octanol–water partition coefficient (Wildman–Crippen LogP) is 2.42. The molecule has 9 heteroatoms. The minimum Gasteiger partial charge on any atom is -0.495 e. The zero-order valence-corrected chi connectivity index (χ0v) is 18.0. The van der Waals surface area contributed by atoms with Crippen LogP contribution in [-0.2, 0) is 24.3 Å². The lowest BCUT2D eigenvalue weighted by molar-refractivity contribution is -0.142. The topological polar surface area (TPSA) is 111 Å². The Balaban J connectivity index is 2.01. The smallest absolute Gasteiger partial charge is 0.331 e. The summed E-state index contributed by atoms with van der Waals surface area (Å²) >= 11 is 0. The van der Waals surface area contributed by atoms with Gasteiger partial charge in [-0.25, -0.2) is 17.9 Å². The highest BCUT2D eigenvalue weighted by molar-refractivity contribution is 7.89. The van der Waals surface area contributed by atoms with Gasteiger partial charge in [-0.2, -0.15) is 0 Å². The Morgan fingerprint density at radius 1 is 1.10 bits per heavy atom. The fraction of sp³-hybridized carbons (Fsp3) is 0.238. The Labute approximate surface area is 175 Å². The summed E-state index contributed by atoms with van der Waals surface area (Å²) in [6.45, 7) is 3.29. The molecule has 0 aliphatic carbocycles. The van der Waals surface area contributed by atoms with Crippen LogP contribution in [0.15, 0.2) is 47.4 Å².